The van der Waals surface area contributed by atoms with Crippen molar-refractivity contribution in [2.24, 2.45) is 11.8 Å². The first-order valence-electron chi connectivity index (χ1n) is 5.99. The van der Waals surface area contributed by atoms with E-state index in [1.165, 1.54) is 0 Å². The average molecular weight is 222 g/mol. The van der Waals surface area contributed by atoms with Crippen LogP contribution < -0.4 is 0 Å². The predicted octanol–water partition coefficient (Wildman–Crippen LogP) is 2.18. The number of nitrogens with zero attached hydrogens (tertiary/aromatic N) is 2. The molecular formula is C12H18N2O2. The number of rotatable bonds is 6. The van der Waals surface area contributed by atoms with E-state index in [4.69, 9.17) is 4.52 Å². The minimum atomic E-state index is 0.249. The lowest BCUT2D eigenvalue weighted by atomic mass is 10.1. The maximum absolute atomic E-state index is 11.5. The molecule has 4 nitrogen and oxygen atoms in total. The highest BCUT2D eigenvalue weighted by atomic mass is 16.5. The summed E-state index contributed by atoms with van der Waals surface area (Å²) in [7, 11) is 0. The summed E-state index contributed by atoms with van der Waals surface area (Å²) < 4.78 is 5.06. The lowest BCUT2D eigenvalue weighted by Gasteiger charge is -1.98. The zero-order valence-electron chi connectivity index (χ0n) is 9.90. The summed E-state index contributed by atoms with van der Waals surface area (Å²) in [4.78, 5) is 15.8. The van der Waals surface area contributed by atoms with Crippen LogP contribution in [-0.2, 0) is 17.6 Å². The van der Waals surface area contributed by atoms with Gasteiger partial charge in [-0.05, 0) is 25.2 Å². The Labute approximate surface area is 95.4 Å². The lowest BCUT2D eigenvalue weighted by Crippen LogP contribution is -2.05. The molecule has 16 heavy (non-hydrogen) atoms. The lowest BCUT2D eigenvalue weighted by molar-refractivity contribution is -0.119. The Hall–Kier alpha value is -1.19. The molecular weight excluding hydrogens is 204 g/mol. The fraction of sp³-hybridized carbons (Fsp3) is 0.750. The van der Waals surface area contributed by atoms with E-state index < -0.39 is 0 Å². The highest BCUT2D eigenvalue weighted by Crippen LogP contribution is 2.30. The molecule has 0 spiro atoms. The third kappa shape index (κ3) is 3.15. The molecule has 1 saturated carbocycles. The first-order chi connectivity index (χ1) is 7.65. The van der Waals surface area contributed by atoms with Crippen molar-refractivity contribution in [1.29, 1.82) is 0 Å². The molecule has 88 valence electrons. The minimum Gasteiger partial charge on any atom is -0.339 e. The van der Waals surface area contributed by atoms with Gasteiger partial charge in [0, 0.05) is 12.3 Å². The van der Waals surface area contributed by atoms with Crippen LogP contribution in [0.5, 0.6) is 0 Å². The molecule has 1 fully saturated rings. The molecule has 0 bridgehead atoms. The van der Waals surface area contributed by atoms with Gasteiger partial charge in [-0.2, -0.15) is 4.98 Å². The van der Waals surface area contributed by atoms with Gasteiger partial charge >= 0.3 is 0 Å². The van der Waals surface area contributed by atoms with E-state index in [2.05, 4.69) is 24.0 Å². The van der Waals surface area contributed by atoms with E-state index in [9.17, 15) is 4.79 Å². The molecule has 1 aliphatic carbocycles. The van der Waals surface area contributed by atoms with Crippen molar-refractivity contribution in [3.8, 4) is 0 Å². The second-order valence-corrected chi connectivity index (χ2v) is 4.95. The zero-order valence-corrected chi connectivity index (χ0v) is 9.90. The normalized spacial score (nSPS) is 15.7. The fourth-order valence-corrected chi connectivity index (χ4v) is 1.58. The number of aromatic nitrogens is 2. The molecule has 0 radical (unpaired) electrons. The van der Waals surface area contributed by atoms with Gasteiger partial charge in [0.05, 0.1) is 6.42 Å². The Morgan fingerprint density at radius 3 is 2.88 bits per heavy atom. The SMILES string of the molecule is CC(C)CCc1noc(CC(=O)C2CC2)n1. The summed E-state index contributed by atoms with van der Waals surface area (Å²) in [5.74, 6) is 2.36. The van der Waals surface area contributed by atoms with E-state index in [0.29, 0.717) is 18.2 Å². The fourth-order valence-electron chi connectivity index (χ4n) is 1.58. The number of ketones is 1. The topological polar surface area (TPSA) is 56.0 Å². The van der Waals surface area contributed by atoms with Gasteiger partial charge in [0.15, 0.2) is 5.82 Å². The number of hydrogen-bond donors (Lipinski definition) is 0. The Morgan fingerprint density at radius 1 is 1.50 bits per heavy atom. The van der Waals surface area contributed by atoms with Crippen LogP contribution in [0.15, 0.2) is 4.52 Å². The van der Waals surface area contributed by atoms with E-state index in [1.807, 2.05) is 0 Å². The third-order valence-electron chi connectivity index (χ3n) is 2.81. The summed E-state index contributed by atoms with van der Waals surface area (Å²) in [6.07, 6.45) is 4.27. The van der Waals surface area contributed by atoms with Crippen LogP contribution in [0.1, 0.15) is 44.8 Å². The molecule has 0 N–H and O–H groups in total. The van der Waals surface area contributed by atoms with Gasteiger partial charge in [-0.1, -0.05) is 19.0 Å². The standard InChI is InChI=1S/C12H18N2O2/c1-8(2)3-6-11-13-12(16-14-11)7-10(15)9-4-5-9/h8-9H,3-7H2,1-2H3. The Balaban J connectivity index is 1.83. The summed E-state index contributed by atoms with van der Waals surface area (Å²) in [6.45, 7) is 4.33. The minimum absolute atomic E-state index is 0.249. The van der Waals surface area contributed by atoms with Crippen LogP contribution in [0.3, 0.4) is 0 Å². The second-order valence-electron chi connectivity index (χ2n) is 4.95. The summed E-state index contributed by atoms with van der Waals surface area (Å²) >= 11 is 0. The molecule has 1 aromatic rings. The Kier molecular flexibility index (Phi) is 3.36. The van der Waals surface area contributed by atoms with Gasteiger partial charge < -0.3 is 4.52 Å². The summed E-state index contributed by atoms with van der Waals surface area (Å²) in [5.41, 5.74) is 0. The maximum Gasteiger partial charge on any atom is 0.234 e. The van der Waals surface area contributed by atoms with Gasteiger partial charge in [0.1, 0.15) is 5.78 Å². The van der Waals surface area contributed by atoms with Crippen molar-refractivity contribution in [2.45, 2.75) is 46.0 Å². The van der Waals surface area contributed by atoms with Crippen LogP contribution in [0.25, 0.3) is 0 Å². The van der Waals surface area contributed by atoms with E-state index in [-0.39, 0.29) is 11.7 Å². The van der Waals surface area contributed by atoms with Gasteiger partial charge in [-0.15, -0.1) is 0 Å². The van der Waals surface area contributed by atoms with E-state index in [1.54, 1.807) is 0 Å². The monoisotopic (exact) mass is 222 g/mol. The van der Waals surface area contributed by atoms with Crippen LogP contribution in [0.4, 0.5) is 0 Å². The average Bonchev–Trinajstić information content (AvgIpc) is 2.98. The van der Waals surface area contributed by atoms with Gasteiger partial charge in [-0.25, -0.2) is 0 Å². The smallest absolute Gasteiger partial charge is 0.234 e. The first kappa shape index (κ1) is 11.3. The summed E-state index contributed by atoms with van der Waals surface area (Å²) in [6, 6.07) is 0. The molecule has 0 atom stereocenters. The van der Waals surface area contributed by atoms with Crippen molar-refractivity contribution in [3.63, 3.8) is 0 Å². The molecule has 1 heterocycles. The Bertz CT molecular complexity index is 367. The molecule has 1 aliphatic rings. The van der Waals surface area contributed by atoms with Crippen LogP contribution in [-0.4, -0.2) is 15.9 Å². The number of Topliss-reactive ketones (excluding diaryl/α,β-unsaturated/α-hetero) is 1. The van der Waals surface area contributed by atoms with Gasteiger partial charge in [0.2, 0.25) is 5.89 Å². The highest BCUT2D eigenvalue weighted by molar-refractivity contribution is 5.84. The highest BCUT2D eigenvalue weighted by Gasteiger charge is 2.30. The molecule has 0 aliphatic heterocycles. The van der Waals surface area contributed by atoms with Crippen molar-refractivity contribution in [3.05, 3.63) is 11.7 Å². The second kappa shape index (κ2) is 4.76. The van der Waals surface area contributed by atoms with Gasteiger partial charge in [-0.3, -0.25) is 4.79 Å². The largest absolute Gasteiger partial charge is 0.339 e. The van der Waals surface area contributed by atoms with Crippen LogP contribution >= 0.6 is 0 Å². The van der Waals surface area contributed by atoms with Crippen molar-refractivity contribution >= 4 is 5.78 Å². The molecule has 4 heteroatoms. The molecule has 0 amide bonds. The molecule has 0 unspecified atom stereocenters. The predicted molar refractivity (Wildman–Crippen MR) is 58.9 cm³/mol. The van der Waals surface area contributed by atoms with E-state index >= 15 is 0 Å². The quantitative estimate of drug-likeness (QED) is 0.740. The number of aryl methyl sites for hydroxylation is 1. The molecule has 2 rings (SSSR count). The molecule has 0 aromatic carbocycles. The van der Waals surface area contributed by atoms with Crippen LogP contribution in [0.2, 0.25) is 0 Å². The summed E-state index contributed by atoms with van der Waals surface area (Å²) in [5, 5.41) is 3.88. The van der Waals surface area contributed by atoms with Crippen molar-refractivity contribution < 1.29 is 9.32 Å². The zero-order chi connectivity index (χ0) is 11.5. The molecule has 0 saturated heterocycles. The number of hydrogen-bond acceptors (Lipinski definition) is 4. The first-order valence-corrected chi connectivity index (χ1v) is 5.99. The van der Waals surface area contributed by atoms with E-state index in [0.717, 1.165) is 31.5 Å². The van der Waals surface area contributed by atoms with Crippen molar-refractivity contribution in [1.82, 2.24) is 10.1 Å². The van der Waals surface area contributed by atoms with Crippen molar-refractivity contribution in [2.75, 3.05) is 0 Å². The van der Waals surface area contributed by atoms with Crippen LogP contribution in [0, 0.1) is 11.8 Å². The number of carbonyl (C=O) groups is 1. The maximum atomic E-state index is 11.5. The third-order valence-corrected chi connectivity index (χ3v) is 2.81. The Morgan fingerprint density at radius 2 is 2.25 bits per heavy atom. The van der Waals surface area contributed by atoms with Gasteiger partial charge in [0.25, 0.3) is 0 Å². The number of carbonyl (C=O) groups excluding carboxylic acids is 1. The molecule has 1 aromatic heterocycles.